The van der Waals surface area contributed by atoms with Gasteiger partial charge >= 0.3 is 5.69 Å². The van der Waals surface area contributed by atoms with Crippen molar-refractivity contribution in [2.24, 2.45) is 7.05 Å². The zero-order chi connectivity index (χ0) is 21.6. The van der Waals surface area contributed by atoms with Gasteiger partial charge in [0.2, 0.25) is 0 Å². The van der Waals surface area contributed by atoms with Crippen LogP contribution >= 0.6 is 0 Å². The number of hydrogen-bond donors (Lipinski definition) is 2. The predicted molar refractivity (Wildman–Crippen MR) is 116 cm³/mol. The maximum absolute atomic E-state index is 13.0. The zero-order valence-electron chi connectivity index (χ0n) is 18.1. The number of benzene rings is 1. The van der Waals surface area contributed by atoms with Crippen molar-refractivity contribution in [2.45, 2.75) is 65.6 Å². The molecule has 0 saturated carbocycles. The van der Waals surface area contributed by atoms with E-state index in [0.29, 0.717) is 30.0 Å². The first-order valence-electron chi connectivity index (χ1n) is 10.2. The van der Waals surface area contributed by atoms with Gasteiger partial charge in [0.1, 0.15) is 11.6 Å². The summed E-state index contributed by atoms with van der Waals surface area (Å²) in [7, 11) is 1.65. The minimum atomic E-state index is -0.843. The Morgan fingerprint density at radius 1 is 1.14 bits per heavy atom. The fourth-order valence-electron chi connectivity index (χ4n) is 3.21. The third-order valence-electron chi connectivity index (χ3n) is 4.78. The van der Waals surface area contributed by atoms with Crippen LogP contribution in [0.15, 0.2) is 33.9 Å². The van der Waals surface area contributed by atoms with Crippen molar-refractivity contribution >= 4 is 5.82 Å². The van der Waals surface area contributed by atoms with Gasteiger partial charge in [0.05, 0.1) is 5.56 Å². The molecule has 7 heteroatoms. The molecule has 2 aromatic rings. The molecule has 0 fully saturated rings. The van der Waals surface area contributed by atoms with E-state index in [2.05, 4.69) is 12.2 Å². The van der Waals surface area contributed by atoms with Gasteiger partial charge in [0, 0.05) is 20.2 Å². The van der Waals surface area contributed by atoms with E-state index in [4.69, 9.17) is 9.84 Å². The summed E-state index contributed by atoms with van der Waals surface area (Å²) in [6.45, 7) is 7.91. The monoisotopic (exact) mass is 403 g/mol. The quantitative estimate of drug-likeness (QED) is 0.596. The van der Waals surface area contributed by atoms with Gasteiger partial charge in [-0.05, 0) is 52.2 Å². The lowest BCUT2D eigenvalue weighted by atomic mass is 10.1. The van der Waals surface area contributed by atoms with E-state index in [1.54, 1.807) is 7.05 Å². The summed E-state index contributed by atoms with van der Waals surface area (Å²) in [4.78, 5) is 25.8. The molecular weight excluding hydrogens is 370 g/mol. The Labute approximate surface area is 172 Å². The number of aliphatic hydroxyl groups excluding tert-OH is 1. The Morgan fingerprint density at radius 3 is 2.38 bits per heavy atom. The molecule has 2 N–H and O–H groups in total. The molecule has 0 aliphatic carbocycles. The van der Waals surface area contributed by atoms with Crippen molar-refractivity contribution in [3.05, 3.63) is 56.2 Å². The Bertz CT molecular complexity index is 927. The minimum Gasteiger partial charge on any atom is -0.469 e. The van der Waals surface area contributed by atoms with Crippen molar-refractivity contribution in [3.63, 3.8) is 0 Å². The highest BCUT2D eigenvalue weighted by atomic mass is 16.5. The van der Waals surface area contributed by atoms with E-state index in [9.17, 15) is 9.59 Å². The molecule has 160 valence electrons. The molecule has 2 rings (SSSR count). The second-order valence-electron chi connectivity index (χ2n) is 7.86. The highest BCUT2D eigenvalue weighted by Gasteiger charge is 2.25. The van der Waals surface area contributed by atoms with E-state index in [-0.39, 0.29) is 18.7 Å². The fourth-order valence-corrected chi connectivity index (χ4v) is 3.21. The average molecular weight is 404 g/mol. The largest absolute Gasteiger partial charge is 0.469 e. The number of hydrogen-bond acceptors (Lipinski definition) is 5. The molecule has 0 aliphatic heterocycles. The molecule has 0 radical (unpaired) electrons. The normalized spacial score (nSPS) is 11.5. The smallest absolute Gasteiger partial charge is 0.332 e. The molecule has 0 bridgehead atoms. The lowest BCUT2D eigenvalue weighted by molar-refractivity contribution is 0.139. The van der Waals surface area contributed by atoms with Crippen molar-refractivity contribution in [1.82, 2.24) is 9.13 Å². The lowest BCUT2D eigenvalue weighted by Gasteiger charge is -2.31. The van der Waals surface area contributed by atoms with Crippen molar-refractivity contribution in [3.8, 4) is 5.75 Å². The molecule has 7 nitrogen and oxygen atoms in total. The highest BCUT2D eigenvalue weighted by molar-refractivity contribution is 5.46. The van der Waals surface area contributed by atoms with Crippen LogP contribution in [0, 0.1) is 6.92 Å². The number of nitrogens with one attached hydrogen (secondary N) is 1. The zero-order valence-corrected chi connectivity index (χ0v) is 18.1. The van der Waals surface area contributed by atoms with E-state index in [1.807, 2.05) is 45.0 Å². The van der Waals surface area contributed by atoms with Gasteiger partial charge < -0.3 is 15.2 Å². The van der Waals surface area contributed by atoms with Crippen molar-refractivity contribution in [1.29, 1.82) is 0 Å². The van der Waals surface area contributed by atoms with Crippen LogP contribution in [-0.4, -0.2) is 26.6 Å². The molecule has 0 atom stereocenters. The molecule has 1 heterocycles. The summed E-state index contributed by atoms with van der Waals surface area (Å²) in [6, 6.07) is 7.72. The Balaban J connectivity index is 2.44. The first kappa shape index (κ1) is 22.7. The molecule has 0 aliphatic rings. The first-order chi connectivity index (χ1) is 13.7. The van der Waals surface area contributed by atoms with Crippen LogP contribution in [-0.2, 0) is 20.0 Å². The van der Waals surface area contributed by atoms with E-state index in [0.717, 1.165) is 18.4 Å². The van der Waals surface area contributed by atoms with Crippen LogP contribution in [0.2, 0.25) is 0 Å². The van der Waals surface area contributed by atoms with E-state index >= 15 is 0 Å². The molecule has 1 aromatic carbocycles. The number of aromatic nitrogens is 2. The third kappa shape index (κ3) is 5.73. The van der Waals surface area contributed by atoms with Gasteiger partial charge in [-0.3, -0.25) is 13.9 Å². The highest BCUT2D eigenvalue weighted by Crippen LogP contribution is 2.22. The van der Waals surface area contributed by atoms with Gasteiger partial charge in [-0.1, -0.05) is 31.0 Å². The topological polar surface area (TPSA) is 85.5 Å². The third-order valence-corrected chi connectivity index (χ3v) is 4.78. The SMILES string of the molecule is CCCCc1c(NC(C)(C)Oc2ccc(C)cc2)n(C)c(=O)n(CCCO)c1=O. The van der Waals surface area contributed by atoms with Crippen LogP contribution < -0.4 is 21.3 Å². The Kier molecular flexibility index (Phi) is 7.67. The number of nitrogens with zero attached hydrogens (tertiary/aromatic N) is 2. The summed E-state index contributed by atoms with van der Waals surface area (Å²) >= 11 is 0. The predicted octanol–water partition coefficient (Wildman–Crippen LogP) is 2.81. The molecule has 0 unspecified atom stereocenters. The summed E-state index contributed by atoms with van der Waals surface area (Å²) in [5.74, 6) is 1.18. The standard InChI is InChI=1S/C22H33N3O4/c1-6-7-9-18-19(24(5)21(28)25(20(18)27)14-8-15-26)23-22(3,4)29-17-12-10-16(2)11-13-17/h10-13,23,26H,6-9,14-15H2,1-5H3. The molecule has 0 spiro atoms. The van der Waals surface area contributed by atoms with Crippen LogP contribution in [0.4, 0.5) is 5.82 Å². The van der Waals surface area contributed by atoms with Gasteiger partial charge in [0.15, 0.2) is 5.72 Å². The maximum atomic E-state index is 13.0. The Morgan fingerprint density at radius 2 is 1.79 bits per heavy atom. The van der Waals surface area contributed by atoms with Gasteiger partial charge in [-0.15, -0.1) is 0 Å². The minimum absolute atomic E-state index is 0.0721. The van der Waals surface area contributed by atoms with Crippen molar-refractivity contribution in [2.75, 3.05) is 11.9 Å². The lowest BCUT2D eigenvalue weighted by Crippen LogP contribution is -2.46. The fraction of sp³-hybridized carbons (Fsp3) is 0.545. The van der Waals surface area contributed by atoms with Crippen molar-refractivity contribution < 1.29 is 9.84 Å². The molecule has 29 heavy (non-hydrogen) atoms. The average Bonchev–Trinajstić information content (AvgIpc) is 2.67. The molecular formula is C22H33N3O4. The van der Waals surface area contributed by atoms with E-state index in [1.165, 1.54) is 9.13 Å². The summed E-state index contributed by atoms with van der Waals surface area (Å²) in [5, 5.41) is 12.4. The number of aliphatic hydroxyl groups is 1. The van der Waals surface area contributed by atoms with Crippen LogP contribution in [0.3, 0.4) is 0 Å². The number of aryl methyl sites for hydroxylation is 1. The summed E-state index contributed by atoms with van der Waals surface area (Å²) in [6.07, 6.45) is 2.69. The number of rotatable bonds is 10. The van der Waals surface area contributed by atoms with Gasteiger partial charge in [-0.25, -0.2) is 4.79 Å². The number of unbranched alkanes of at least 4 members (excludes halogenated alkanes) is 1. The van der Waals surface area contributed by atoms with Crippen LogP contribution in [0.25, 0.3) is 0 Å². The first-order valence-corrected chi connectivity index (χ1v) is 10.2. The molecule has 1 aromatic heterocycles. The number of anilines is 1. The number of ether oxygens (including phenoxy) is 1. The summed E-state index contributed by atoms with van der Waals surface area (Å²) < 4.78 is 8.75. The Hall–Kier alpha value is -2.54. The molecule has 0 amide bonds. The second kappa shape index (κ2) is 9.78. The van der Waals surface area contributed by atoms with E-state index < -0.39 is 11.4 Å². The van der Waals surface area contributed by atoms with Gasteiger partial charge in [-0.2, -0.15) is 0 Å². The second-order valence-corrected chi connectivity index (χ2v) is 7.86. The van der Waals surface area contributed by atoms with Gasteiger partial charge in [0.25, 0.3) is 5.56 Å². The van der Waals surface area contributed by atoms with Crippen LogP contribution in [0.5, 0.6) is 5.75 Å². The maximum Gasteiger partial charge on any atom is 0.332 e. The summed E-state index contributed by atoms with van der Waals surface area (Å²) in [5.41, 5.74) is 0.150. The molecule has 0 saturated heterocycles. The van der Waals surface area contributed by atoms with Crippen LogP contribution in [0.1, 0.15) is 51.2 Å².